The van der Waals surface area contributed by atoms with Crippen LogP contribution in [0.2, 0.25) is 10.0 Å². The van der Waals surface area contributed by atoms with E-state index in [1.165, 1.54) is 0 Å². The SMILES string of the molecule is Oc1cccc(/C=C/c2ccc(Cl)c(Cl)c2)c1. The molecule has 0 atom stereocenters. The molecule has 0 aliphatic heterocycles. The highest BCUT2D eigenvalue weighted by Crippen LogP contribution is 2.23. The number of hydrogen-bond acceptors (Lipinski definition) is 1. The lowest BCUT2D eigenvalue weighted by molar-refractivity contribution is 0.475. The molecule has 86 valence electrons. The van der Waals surface area contributed by atoms with Crippen molar-refractivity contribution in [2.75, 3.05) is 0 Å². The van der Waals surface area contributed by atoms with Crippen molar-refractivity contribution in [1.29, 1.82) is 0 Å². The summed E-state index contributed by atoms with van der Waals surface area (Å²) >= 11 is 11.7. The number of hydrogen-bond donors (Lipinski definition) is 1. The van der Waals surface area contributed by atoms with Crippen LogP contribution in [-0.2, 0) is 0 Å². The smallest absolute Gasteiger partial charge is 0.116 e. The Hall–Kier alpha value is -1.44. The van der Waals surface area contributed by atoms with E-state index in [2.05, 4.69) is 0 Å². The molecular weight excluding hydrogens is 255 g/mol. The first-order valence-corrected chi connectivity index (χ1v) is 5.83. The molecule has 0 aromatic heterocycles. The molecule has 2 rings (SSSR count). The van der Waals surface area contributed by atoms with E-state index in [4.69, 9.17) is 23.2 Å². The molecule has 1 nitrogen and oxygen atoms in total. The minimum Gasteiger partial charge on any atom is -0.508 e. The maximum atomic E-state index is 9.32. The van der Waals surface area contributed by atoms with Gasteiger partial charge in [0.15, 0.2) is 0 Å². The van der Waals surface area contributed by atoms with Crippen LogP contribution in [0.5, 0.6) is 5.75 Å². The van der Waals surface area contributed by atoms with Crippen molar-refractivity contribution in [2.24, 2.45) is 0 Å². The summed E-state index contributed by atoms with van der Waals surface area (Å²) in [4.78, 5) is 0. The van der Waals surface area contributed by atoms with Gasteiger partial charge in [-0.3, -0.25) is 0 Å². The molecule has 2 aromatic carbocycles. The average molecular weight is 265 g/mol. The Labute approximate surface area is 110 Å². The topological polar surface area (TPSA) is 20.2 Å². The van der Waals surface area contributed by atoms with Crippen molar-refractivity contribution in [3.63, 3.8) is 0 Å². The van der Waals surface area contributed by atoms with Crippen LogP contribution in [0.3, 0.4) is 0 Å². The van der Waals surface area contributed by atoms with Gasteiger partial charge in [-0.05, 0) is 35.4 Å². The molecule has 0 saturated carbocycles. The zero-order valence-corrected chi connectivity index (χ0v) is 10.4. The van der Waals surface area contributed by atoms with Gasteiger partial charge in [-0.1, -0.05) is 53.6 Å². The molecule has 0 radical (unpaired) electrons. The number of phenolic OH excluding ortho intramolecular Hbond substituents is 1. The lowest BCUT2D eigenvalue weighted by Crippen LogP contribution is -1.75. The quantitative estimate of drug-likeness (QED) is 0.768. The lowest BCUT2D eigenvalue weighted by Gasteiger charge is -1.98. The lowest BCUT2D eigenvalue weighted by atomic mass is 10.1. The number of benzene rings is 2. The van der Waals surface area contributed by atoms with Crippen LogP contribution in [0.25, 0.3) is 12.2 Å². The minimum absolute atomic E-state index is 0.251. The van der Waals surface area contributed by atoms with Crippen LogP contribution in [0.15, 0.2) is 42.5 Å². The van der Waals surface area contributed by atoms with Gasteiger partial charge in [-0.25, -0.2) is 0 Å². The van der Waals surface area contributed by atoms with Gasteiger partial charge in [0.2, 0.25) is 0 Å². The van der Waals surface area contributed by atoms with E-state index < -0.39 is 0 Å². The van der Waals surface area contributed by atoms with Crippen molar-refractivity contribution in [3.05, 3.63) is 63.6 Å². The van der Waals surface area contributed by atoms with E-state index in [-0.39, 0.29) is 5.75 Å². The van der Waals surface area contributed by atoms with Crippen LogP contribution >= 0.6 is 23.2 Å². The molecule has 2 aromatic rings. The highest BCUT2D eigenvalue weighted by molar-refractivity contribution is 6.42. The second-order valence-electron chi connectivity index (χ2n) is 3.60. The van der Waals surface area contributed by atoms with E-state index in [1.807, 2.05) is 24.3 Å². The van der Waals surface area contributed by atoms with Crippen LogP contribution in [0.1, 0.15) is 11.1 Å². The highest BCUT2D eigenvalue weighted by Gasteiger charge is 1.96. The van der Waals surface area contributed by atoms with Gasteiger partial charge >= 0.3 is 0 Å². The van der Waals surface area contributed by atoms with Crippen molar-refractivity contribution in [2.45, 2.75) is 0 Å². The summed E-state index contributed by atoms with van der Waals surface area (Å²) in [5.74, 6) is 0.251. The van der Waals surface area contributed by atoms with Gasteiger partial charge in [-0.2, -0.15) is 0 Å². The van der Waals surface area contributed by atoms with Gasteiger partial charge in [0.25, 0.3) is 0 Å². The van der Waals surface area contributed by atoms with Gasteiger partial charge < -0.3 is 5.11 Å². The van der Waals surface area contributed by atoms with Crippen LogP contribution in [-0.4, -0.2) is 5.11 Å². The number of rotatable bonds is 2. The van der Waals surface area contributed by atoms with Gasteiger partial charge in [0.1, 0.15) is 5.75 Å². The number of halogens is 2. The Bertz CT molecular complexity index is 562. The van der Waals surface area contributed by atoms with Crippen molar-refractivity contribution >= 4 is 35.4 Å². The van der Waals surface area contributed by atoms with E-state index in [0.29, 0.717) is 10.0 Å². The highest BCUT2D eigenvalue weighted by atomic mass is 35.5. The Morgan fingerprint density at radius 2 is 1.53 bits per heavy atom. The van der Waals surface area contributed by atoms with Gasteiger partial charge in [0, 0.05) is 0 Å². The summed E-state index contributed by atoms with van der Waals surface area (Å²) in [7, 11) is 0. The second-order valence-corrected chi connectivity index (χ2v) is 4.42. The molecule has 0 spiro atoms. The van der Waals surface area contributed by atoms with Crippen molar-refractivity contribution < 1.29 is 5.11 Å². The maximum absolute atomic E-state index is 9.32. The Morgan fingerprint density at radius 1 is 0.824 bits per heavy atom. The Balaban J connectivity index is 2.23. The van der Waals surface area contributed by atoms with E-state index in [9.17, 15) is 5.11 Å². The molecule has 1 N–H and O–H groups in total. The first kappa shape index (κ1) is 12.0. The molecule has 0 heterocycles. The Kier molecular flexibility index (Phi) is 3.72. The summed E-state index contributed by atoms with van der Waals surface area (Å²) < 4.78 is 0. The molecule has 0 aliphatic carbocycles. The molecule has 0 amide bonds. The maximum Gasteiger partial charge on any atom is 0.116 e. The third-order valence-electron chi connectivity index (χ3n) is 2.28. The third kappa shape index (κ3) is 3.26. The molecule has 0 unspecified atom stereocenters. The number of phenols is 1. The fourth-order valence-electron chi connectivity index (χ4n) is 1.44. The summed E-state index contributed by atoms with van der Waals surface area (Å²) in [5.41, 5.74) is 1.89. The van der Waals surface area contributed by atoms with E-state index in [0.717, 1.165) is 11.1 Å². The molecule has 0 saturated heterocycles. The number of aromatic hydroxyl groups is 1. The zero-order chi connectivity index (χ0) is 12.3. The first-order valence-electron chi connectivity index (χ1n) is 5.07. The zero-order valence-electron chi connectivity index (χ0n) is 8.90. The molecule has 3 heteroatoms. The fourth-order valence-corrected chi connectivity index (χ4v) is 1.74. The fraction of sp³-hybridized carbons (Fsp3) is 0. The van der Waals surface area contributed by atoms with Crippen LogP contribution in [0, 0.1) is 0 Å². The summed E-state index contributed by atoms with van der Waals surface area (Å²) in [6, 6.07) is 12.5. The predicted octanol–water partition coefficient (Wildman–Crippen LogP) is 4.87. The molecule has 17 heavy (non-hydrogen) atoms. The predicted molar refractivity (Wildman–Crippen MR) is 73.5 cm³/mol. The average Bonchev–Trinajstić information content (AvgIpc) is 2.31. The van der Waals surface area contributed by atoms with Crippen LogP contribution < -0.4 is 0 Å². The van der Waals surface area contributed by atoms with Gasteiger partial charge in [-0.15, -0.1) is 0 Å². The van der Waals surface area contributed by atoms with Crippen LogP contribution in [0.4, 0.5) is 0 Å². The summed E-state index contributed by atoms with van der Waals surface area (Å²) in [6.45, 7) is 0. The normalized spacial score (nSPS) is 10.9. The van der Waals surface area contributed by atoms with E-state index >= 15 is 0 Å². The molecule has 0 fully saturated rings. The van der Waals surface area contributed by atoms with E-state index in [1.54, 1.807) is 30.3 Å². The molecular formula is C14H10Cl2O. The second kappa shape index (κ2) is 5.26. The van der Waals surface area contributed by atoms with Crippen molar-refractivity contribution in [3.8, 4) is 5.75 Å². The monoisotopic (exact) mass is 264 g/mol. The largest absolute Gasteiger partial charge is 0.508 e. The summed E-state index contributed by atoms with van der Waals surface area (Å²) in [5, 5.41) is 10.4. The molecule has 0 aliphatic rings. The molecule has 0 bridgehead atoms. The first-order chi connectivity index (χ1) is 8.15. The standard InChI is InChI=1S/C14H10Cl2O/c15-13-7-6-11(9-14(13)16)5-4-10-2-1-3-12(17)8-10/h1-9,17H/b5-4+. The Morgan fingerprint density at radius 3 is 2.18 bits per heavy atom. The summed E-state index contributed by atoms with van der Waals surface area (Å²) in [6.07, 6.45) is 3.82. The van der Waals surface area contributed by atoms with Crippen molar-refractivity contribution in [1.82, 2.24) is 0 Å². The van der Waals surface area contributed by atoms with Gasteiger partial charge in [0.05, 0.1) is 10.0 Å². The minimum atomic E-state index is 0.251. The third-order valence-corrected chi connectivity index (χ3v) is 3.02.